The van der Waals surface area contributed by atoms with Gasteiger partial charge in [0.25, 0.3) is 5.95 Å². The fraction of sp³-hybridized carbons (Fsp3) is 0.500. The Morgan fingerprint density at radius 2 is 2.40 bits per heavy atom. The molecule has 1 atom stereocenters. The molecule has 0 spiro atoms. The summed E-state index contributed by atoms with van der Waals surface area (Å²) in [6.07, 6.45) is 1.92. The average Bonchev–Trinajstić information content (AvgIpc) is 2.89. The Labute approximate surface area is 114 Å². The molecule has 1 heterocycles. The number of carbonyl (C=O) groups is 1. The van der Waals surface area contributed by atoms with Gasteiger partial charge in [0.1, 0.15) is 5.83 Å². The van der Waals surface area contributed by atoms with Crippen molar-refractivity contribution in [2.75, 3.05) is 11.9 Å². The maximum Gasteiger partial charge on any atom is 0.269 e. The van der Waals surface area contributed by atoms with Gasteiger partial charge in [-0.1, -0.05) is 11.2 Å². The van der Waals surface area contributed by atoms with Crippen molar-refractivity contribution < 1.29 is 9.18 Å². The number of nitrogens with one attached hydrogen (secondary N) is 2. The summed E-state index contributed by atoms with van der Waals surface area (Å²) in [7, 11) is 0. The molecule has 10 heteroatoms. The third kappa shape index (κ3) is 6.00. The highest BCUT2D eigenvalue weighted by atomic mass is 19.1. The third-order valence-corrected chi connectivity index (χ3v) is 2.24. The summed E-state index contributed by atoms with van der Waals surface area (Å²) in [5.74, 6) is -0.527. The summed E-state index contributed by atoms with van der Waals surface area (Å²) in [6, 6.07) is -0.794. The van der Waals surface area contributed by atoms with E-state index in [9.17, 15) is 9.18 Å². The average molecular weight is 284 g/mol. The van der Waals surface area contributed by atoms with E-state index in [1.165, 1.54) is 6.08 Å². The van der Waals surface area contributed by atoms with Crippen molar-refractivity contribution in [3.63, 3.8) is 0 Å². The topological polar surface area (TPSA) is 148 Å². The molecule has 0 aromatic carbocycles. The standard InChI is InChI=1S/C10H17FN8O/c1-6(12)14-5-7(11)3-2-4-8(13)9(20)15-10-16-18-19-17-10/h3,8H,2,4-5,13H2,1H3,(H2,12,14)(H2,15,16,17,18,19,20)/b7-3-/t8-/m0/s1. The van der Waals surface area contributed by atoms with Crippen LogP contribution in [-0.2, 0) is 4.79 Å². The first-order valence-corrected chi connectivity index (χ1v) is 5.90. The smallest absolute Gasteiger partial charge is 0.269 e. The first-order valence-electron chi connectivity index (χ1n) is 5.90. The van der Waals surface area contributed by atoms with Crippen LogP contribution in [0, 0.1) is 0 Å². The predicted molar refractivity (Wildman–Crippen MR) is 71.4 cm³/mol. The molecule has 1 amide bonds. The molecule has 6 N–H and O–H groups in total. The first kappa shape index (κ1) is 15.7. The fourth-order valence-electron chi connectivity index (χ4n) is 1.23. The van der Waals surface area contributed by atoms with E-state index in [1.54, 1.807) is 6.92 Å². The van der Waals surface area contributed by atoms with Gasteiger partial charge in [0.05, 0.1) is 18.4 Å². The fourth-order valence-corrected chi connectivity index (χ4v) is 1.23. The number of hydrogen-bond donors (Lipinski definition) is 4. The van der Waals surface area contributed by atoms with Gasteiger partial charge in [-0.3, -0.25) is 15.1 Å². The van der Waals surface area contributed by atoms with E-state index in [1.807, 2.05) is 0 Å². The minimum absolute atomic E-state index is 0.0416. The number of aromatic amines is 1. The van der Waals surface area contributed by atoms with Crippen molar-refractivity contribution in [2.24, 2.45) is 16.5 Å². The molecule has 0 aliphatic rings. The number of aromatic nitrogens is 4. The van der Waals surface area contributed by atoms with Gasteiger partial charge < -0.3 is 11.5 Å². The van der Waals surface area contributed by atoms with E-state index in [0.717, 1.165) is 0 Å². The second-order valence-electron chi connectivity index (χ2n) is 4.02. The van der Waals surface area contributed by atoms with Gasteiger partial charge in [-0.05, 0) is 25.0 Å². The van der Waals surface area contributed by atoms with Gasteiger partial charge in [-0.15, -0.1) is 5.10 Å². The minimum atomic E-state index is -0.794. The molecule has 1 rings (SSSR count). The molecule has 0 fully saturated rings. The number of carbonyl (C=O) groups excluding carboxylic acids is 1. The van der Waals surface area contributed by atoms with Crippen LogP contribution >= 0.6 is 0 Å². The number of amides is 1. The molecule has 1 aromatic rings. The number of rotatable bonds is 7. The third-order valence-electron chi connectivity index (χ3n) is 2.24. The normalized spacial score (nSPS) is 14.2. The molecule has 1 aromatic heterocycles. The van der Waals surface area contributed by atoms with E-state index < -0.39 is 17.8 Å². The van der Waals surface area contributed by atoms with Crippen LogP contribution in [0.25, 0.3) is 0 Å². The summed E-state index contributed by atoms with van der Waals surface area (Å²) in [4.78, 5) is 15.3. The zero-order chi connectivity index (χ0) is 15.0. The summed E-state index contributed by atoms with van der Waals surface area (Å²) in [5, 5.41) is 14.9. The van der Waals surface area contributed by atoms with Crippen LogP contribution in [0.4, 0.5) is 10.3 Å². The van der Waals surface area contributed by atoms with Crippen molar-refractivity contribution in [3.8, 4) is 0 Å². The van der Waals surface area contributed by atoms with Gasteiger partial charge in [0.15, 0.2) is 0 Å². The summed E-state index contributed by atoms with van der Waals surface area (Å²) in [5.41, 5.74) is 10.9. The van der Waals surface area contributed by atoms with Crippen LogP contribution < -0.4 is 16.8 Å². The molecule has 0 saturated carbocycles. The Balaban J connectivity index is 2.32. The van der Waals surface area contributed by atoms with Gasteiger partial charge in [0, 0.05) is 0 Å². The van der Waals surface area contributed by atoms with E-state index in [0.29, 0.717) is 12.3 Å². The predicted octanol–water partition coefficient (Wildman–Crippen LogP) is -0.524. The maximum absolute atomic E-state index is 13.2. The molecule has 9 nitrogen and oxygen atoms in total. The number of nitrogens with two attached hydrogens (primary N) is 2. The van der Waals surface area contributed by atoms with Crippen molar-refractivity contribution in [1.29, 1.82) is 0 Å². The lowest BCUT2D eigenvalue weighted by Crippen LogP contribution is -2.35. The quantitative estimate of drug-likeness (QED) is 0.391. The number of aliphatic imine (C=N–C) groups is 1. The number of amidine groups is 1. The van der Waals surface area contributed by atoms with E-state index >= 15 is 0 Å². The molecule has 20 heavy (non-hydrogen) atoms. The van der Waals surface area contributed by atoms with Crippen LogP contribution in [0.15, 0.2) is 16.9 Å². The second-order valence-corrected chi connectivity index (χ2v) is 4.02. The highest BCUT2D eigenvalue weighted by Crippen LogP contribution is 2.04. The second kappa shape index (κ2) is 7.94. The highest BCUT2D eigenvalue weighted by molar-refractivity contribution is 5.93. The molecule has 0 aliphatic heterocycles. The van der Waals surface area contributed by atoms with Crippen molar-refractivity contribution in [3.05, 3.63) is 11.9 Å². The number of hydrogen-bond acceptors (Lipinski definition) is 6. The van der Waals surface area contributed by atoms with E-state index in [2.05, 4.69) is 30.9 Å². The van der Waals surface area contributed by atoms with Gasteiger partial charge in [-0.25, -0.2) is 4.39 Å². The van der Waals surface area contributed by atoms with Crippen LogP contribution in [0.3, 0.4) is 0 Å². The van der Waals surface area contributed by atoms with E-state index in [-0.39, 0.29) is 18.9 Å². The van der Waals surface area contributed by atoms with Crippen LogP contribution in [-0.4, -0.2) is 45.0 Å². The number of allylic oxidation sites excluding steroid dienone is 1. The number of anilines is 1. The number of H-pyrrole nitrogens is 1. The minimum Gasteiger partial charge on any atom is -0.388 e. The van der Waals surface area contributed by atoms with Gasteiger partial charge >= 0.3 is 0 Å². The van der Waals surface area contributed by atoms with Gasteiger partial charge in [-0.2, -0.15) is 5.21 Å². The molecule has 0 aliphatic carbocycles. The lowest BCUT2D eigenvalue weighted by molar-refractivity contribution is -0.117. The molecule has 0 saturated heterocycles. The highest BCUT2D eigenvalue weighted by Gasteiger charge is 2.14. The maximum atomic E-state index is 13.2. The largest absolute Gasteiger partial charge is 0.388 e. The lowest BCUT2D eigenvalue weighted by atomic mass is 10.1. The molecule has 0 unspecified atom stereocenters. The zero-order valence-electron chi connectivity index (χ0n) is 11.0. The Morgan fingerprint density at radius 1 is 1.65 bits per heavy atom. The number of halogens is 1. The lowest BCUT2D eigenvalue weighted by Gasteiger charge is -2.08. The molecular formula is C10H17FN8O. The van der Waals surface area contributed by atoms with Crippen molar-refractivity contribution >= 4 is 17.7 Å². The Bertz CT molecular complexity index is 479. The Hall–Kier alpha value is -2.36. The summed E-state index contributed by atoms with van der Waals surface area (Å²) < 4.78 is 13.2. The zero-order valence-corrected chi connectivity index (χ0v) is 11.0. The monoisotopic (exact) mass is 284 g/mol. The Kier molecular flexibility index (Phi) is 6.23. The summed E-state index contributed by atoms with van der Waals surface area (Å²) >= 11 is 0. The number of tetrazole rings is 1. The van der Waals surface area contributed by atoms with Crippen molar-refractivity contribution in [2.45, 2.75) is 25.8 Å². The molecule has 0 radical (unpaired) electrons. The summed E-state index contributed by atoms with van der Waals surface area (Å²) in [6.45, 7) is 1.47. The van der Waals surface area contributed by atoms with Crippen LogP contribution in [0.2, 0.25) is 0 Å². The van der Waals surface area contributed by atoms with Gasteiger partial charge in [0.2, 0.25) is 5.91 Å². The molecule has 0 bridgehead atoms. The number of nitrogens with zero attached hydrogens (tertiary/aromatic N) is 4. The molecule has 110 valence electrons. The molecular weight excluding hydrogens is 267 g/mol. The van der Waals surface area contributed by atoms with E-state index in [4.69, 9.17) is 11.5 Å². The van der Waals surface area contributed by atoms with Crippen molar-refractivity contribution in [1.82, 2.24) is 20.6 Å². The van der Waals surface area contributed by atoms with Crippen LogP contribution in [0.5, 0.6) is 0 Å². The SMILES string of the molecule is CC(N)=NC/C(F)=C/CC[C@H](N)C(=O)Nc1nn[nH]n1. The Morgan fingerprint density at radius 3 is 3.00 bits per heavy atom. The first-order chi connectivity index (χ1) is 9.49. The van der Waals surface area contributed by atoms with Crippen LogP contribution in [0.1, 0.15) is 19.8 Å².